The molecule has 0 saturated carbocycles. The summed E-state index contributed by atoms with van der Waals surface area (Å²) < 4.78 is 11.3. The zero-order valence-electron chi connectivity index (χ0n) is 12.5. The second-order valence-electron chi connectivity index (χ2n) is 5.10. The van der Waals surface area contributed by atoms with Gasteiger partial charge in [-0.05, 0) is 35.9 Å². The molecule has 24 heavy (non-hydrogen) atoms. The third-order valence-electron chi connectivity index (χ3n) is 3.40. The molecule has 0 atom stereocenters. The van der Waals surface area contributed by atoms with Crippen LogP contribution in [-0.2, 0) is 11.2 Å². The molecule has 0 aromatic heterocycles. The second-order valence-corrected chi connectivity index (χ2v) is 6.02. The van der Waals surface area contributed by atoms with Crippen molar-refractivity contribution in [2.75, 3.05) is 6.79 Å². The van der Waals surface area contributed by atoms with Crippen molar-refractivity contribution in [1.29, 1.82) is 0 Å². The van der Waals surface area contributed by atoms with Crippen LogP contribution in [0.25, 0.3) is 0 Å². The number of rotatable bonds is 4. The summed E-state index contributed by atoms with van der Waals surface area (Å²) in [6.45, 7) is 0.164. The number of halogens is 1. The van der Waals surface area contributed by atoms with E-state index in [0.29, 0.717) is 17.1 Å². The van der Waals surface area contributed by atoms with Crippen molar-refractivity contribution in [2.24, 2.45) is 10.7 Å². The first kappa shape index (κ1) is 16.2. The number of fused-ring (bicyclic) bond motifs is 1. The number of nitrogens with two attached hydrogens (primary N) is 1. The van der Waals surface area contributed by atoms with E-state index in [1.165, 1.54) is 0 Å². The monoisotopic (exact) mass is 388 g/mol. The van der Waals surface area contributed by atoms with E-state index < -0.39 is 11.8 Å². The summed E-state index contributed by atoms with van der Waals surface area (Å²) in [7, 11) is 0. The molecule has 2 aromatic rings. The van der Waals surface area contributed by atoms with Gasteiger partial charge in [0.05, 0.1) is 0 Å². The van der Waals surface area contributed by atoms with Crippen LogP contribution in [0.5, 0.6) is 11.5 Å². The number of nitrogens with zero attached hydrogens (tertiary/aromatic N) is 1. The van der Waals surface area contributed by atoms with Gasteiger partial charge in [0.25, 0.3) is 11.8 Å². The maximum Gasteiger partial charge on any atom is 0.277 e. The maximum atomic E-state index is 12.2. The van der Waals surface area contributed by atoms with Gasteiger partial charge in [0, 0.05) is 16.5 Å². The van der Waals surface area contributed by atoms with Gasteiger partial charge >= 0.3 is 0 Å². The van der Waals surface area contributed by atoms with Crippen molar-refractivity contribution in [1.82, 2.24) is 0 Å². The fourth-order valence-electron chi connectivity index (χ4n) is 2.23. The molecule has 0 fully saturated rings. The second kappa shape index (κ2) is 6.84. The molecular formula is C17H13BrN2O4. The highest BCUT2D eigenvalue weighted by molar-refractivity contribution is 9.10. The summed E-state index contributed by atoms with van der Waals surface area (Å²) in [6, 6.07) is 12.0. The lowest BCUT2D eigenvalue weighted by Gasteiger charge is -2.05. The van der Waals surface area contributed by atoms with Crippen LogP contribution < -0.4 is 15.2 Å². The summed E-state index contributed by atoms with van der Waals surface area (Å²) in [4.78, 5) is 27.8. The Morgan fingerprint density at radius 2 is 1.92 bits per heavy atom. The van der Waals surface area contributed by atoms with Crippen molar-refractivity contribution < 1.29 is 19.1 Å². The minimum absolute atomic E-state index is 0.0150. The highest BCUT2D eigenvalue weighted by Gasteiger charge is 2.17. The van der Waals surface area contributed by atoms with Crippen LogP contribution in [0.4, 0.5) is 0 Å². The molecule has 2 amide bonds. The van der Waals surface area contributed by atoms with Crippen LogP contribution in [0, 0.1) is 0 Å². The lowest BCUT2D eigenvalue weighted by Crippen LogP contribution is -2.26. The average molecular weight is 389 g/mol. The fraction of sp³-hybridized carbons (Fsp3) is 0.118. The standard InChI is InChI=1S/C17H13BrN2O4/c18-12-3-1-2-11(8-12)17(22)20-13(16(19)21)6-10-4-5-14-15(7-10)24-9-23-14/h1-5,7-8H,6,9H2,(H2,19,21). The molecule has 122 valence electrons. The first-order chi connectivity index (χ1) is 11.5. The Kier molecular flexibility index (Phi) is 4.61. The lowest BCUT2D eigenvalue weighted by molar-refractivity contribution is -0.112. The molecule has 0 unspecified atom stereocenters. The van der Waals surface area contributed by atoms with E-state index in [0.717, 1.165) is 10.0 Å². The zero-order valence-corrected chi connectivity index (χ0v) is 14.1. The Labute approximate surface area is 146 Å². The van der Waals surface area contributed by atoms with Gasteiger partial charge in [-0.1, -0.05) is 28.1 Å². The molecule has 0 bridgehead atoms. The van der Waals surface area contributed by atoms with E-state index in [-0.39, 0.29) is 18.9 Å². The summed E-state index contributed by atoms with van der Waals surface area (Å²) in [6.07, 6.45) is 0.131. The summed E-state index contributed by atoms with van der Waals surface area (Å²) >= 11 is 3.29. The largest absolute Gasteiger partial charge is 0.454 e. The van der Waals surface area contributed by atoms with E-state index in [9.17, 15) is 9.59 Å². The molecular weight excluding hydrogens is 376 g/mol. The van der Waals surface area contributed by atoms with Crippen LogP contribution >= 0.6 is 15.9 Å². The number of primary amides is 1. The Morgan fingerprint density at radius 1 is 1.12 bits per heavy atom. The van der Waals surface area contributed by atoms with E-state index in [2.05, 4.69) is 20.9 Å². The smallest absolute Gasteiger partial charge is 0.277 e. The first-order valence-corrected chi connectivity index (χ1v) is 7.88. The normalized spacial score (nSPS) is 13.0. The highest BCUT2D eigenvalue weighted by atomic mass is 79.9. The summed E-state index contributed by atoms with van der Waals surface area (Å²) in [5.41, 5.74) is 6.47. The first-order valence-electron chi connectivity index (χ1n) is 7.09. The van der Waals surface area contributed by atoms with Gasteiger partial charge in [-0.2, -0.15) is 0 Å². The molecule has 0 aliphatic carbocycles. The Balaban J connectivity index is 1.84. The van der Waals surface area contributed by atoms with E-state index >= 15 is 0 Å². The topological polar surface area (TPSA) is 91.0 Å². The van der Waals surface area contributed by atoms with Crippen molar-refractivity contribution in [3.8, 4) is 11.5 Å². The third kappa shape index (κ3) is 3.62. The number of carbonyl (C=O) groups excluding carboxylic acids is 2. The maximum absolute atomic E-state index is 12.2. The summed E-state index contributed by atoms with van der Waals surface area (Å²) in [5, 5.41) is 0. The van der Waals surface area contributed by atoms with Gasteiger partial charge in [-0.15, -0.1) is 0 Å². The van der Waals surface area contributed by atoms with E-state index in [1.54, 1.807) is 42.5 Å². The van der Waals surface area contributed by atoms with Crippen molar-refractivity contribution in [3.05, 3.63) is 58.1 Å². The van der Waals surface area contributed by atoms with Crippen LogP contribution in [0.15, 0.2) is 51.9 Å². The molecule has 0 radical (unpaired) electrons. The predicted molar refractivity (Wildman–Crippen MR) is 91.4 cm³/mol. The third-order valence-corrected chi connectivity index (χ3v) is 3.89. The van der Waals surface area contributed by atoms with E-state index in [1.807, 2.05) is 0 Å². The van der Waals surface area contributed by atoms with Crippen LogP contribution in [0.3, 0.4) is 0 Å². The minimum Gasteiger partial charge on any atom is -0.454 e. The van der Waals surface area contributed by atoms with Crippen molar-refractivity contribution in [2.45, 2.75) is 6.42 Å². The van der Waals surface area contributed by atoms with Gasteiger partial charge < -0.3 is 15.2 Å². The molecule has 3 rings (SSSR count). The highest BCUT2D eigenvalue weighted by Crippen LogP contribution is 2.32. The number of hydrogen-bond donors (Lipinski definition) is 1. The summed E-state index contributed by atoms with van der Waals surface area (Å²) in [5.74, 6) is -0.0296. The molecule has 2 aromatic carbocycles. The van der Waals surface area contributed by atoms with Gasteiger partial charge in [0.2, 0.25) is 6.79 Å². The molecule has 6 nitrogen and oxygen atoms in total. The minimum atomic E-state index is -0.740. The quantitative estimate of drug-likeness (QED) is 0.814. The molecule has 7 heteroatoms. The zero-order chi connectivity index (χ0) is 17.1. The number of aliphatic imine (C=N–C) groups is 1. The van der Waals surface area contributed by atoms with Gasteiger partial charge in [-0.3, -0.25) is 9.59 Å². The van der Waals surface area contributed by atoms with Gasteiger partial charge in [-0.25, -0.2) is 4.99 Å². The van der Waals surface area contributed by atoms with Crippen LogP contribution in [-0.4, -0.2) is 24.3 Å². The number of benzene rings is 2. The van der Waals surface area contributed by atoms with Crippen molar-refractivity contribution in [3.63, 3.8) is 0 Å². The molecule has 1 aliphatic rings. The average Bonchev–Trinajstić information content (AvgIpc) is 3.01. The van der Waals surface area contributed by atoms with Gasteiger partial charge in [0.15, 0.2) is 11.5 Å². The number of carbonyl (C=O) groups is 2. The molecule has 1 aliphatic heterocycles. The van der Waals surface area contributed by atoms with Gasteiger partial charge in [0.1, 0.15) is 5.71 Å². The number of amides is 2. The lowest BCUT2D eigenvalue weighted by atomic mass is 10.1. The Bertz CT molecular complexity index is 848. The predicted octanol–water partition coefficient (Wildman–Crippen LogP) is 2.49. The Hall–Kier alpha value is -2.67. The van der Waals surface area contributed by atoms with Crippen molar-refractivity contribution >= 4 is 33.5 Å². The fourth-order valence-corrected chi connectivity index (χ4v) is 2.63. The van der Waals surface area contributed by atoms with Crippen LogP contribution in [0.1, 0.15) is 15.9 Å². The molecule has 0 spiro atoms. The van der Waals surface area contributed by atoms with E-state index in [4.69, 9.17) is 15.2 Å². The molecule has 0 saturated heterocycles. The Morgan fingerprint density at radius 3 is 2.67 bits per heavy atom. The molecule has 2 N–H and O–H groups in total. The van der Waals surface area contributed by atoms with Crippen LogP contribution in [0.2, 0.25) is 0 Å². The molecule has 1 heterocycles. The number of ether oxygens (including phenoxy) is 2. The SMILES string of the molecule is NC(=O)C(Cc1ccc2c(c1)OCO2)=NC(=O)c1cccc(Br)c1. The number of hydrogen-bond acceptors (Lipinski definition) is 4.